The monoisotopic (exact) mass is 264 g/mol. The molecule has 78 valence electrons. The third-order valence-electron chi connectivity index (χ3n) is 3.40. The van der Waals surface area contributed by atoms with E-state index < -0.39 is 0 Å². The highest BCUT2D eigenvalue weighted by Crippen LogP contribution is 2.42. The predicted molar refractivity (Wildman–Crippen MR) is 64.5 cm³/mol. The molecule has 1 aliphatic heterocycles. The van der Waals surface area contributed by atoms with E-state index >= 15 is 0 Å². The van der Waals surface area contributed by atoms with E-state index in [0.29, 0.717) is 0 Å². The van der Waals surface area contributed by atoms with Crippen LogP contribution in [0.25, 0.3) is 5.57 Å². The molecule has 0 spiro atoms. The van der Waals surface area contributed by atoms with Crippen molar-refractivity contribution in [1.29, 1.82) is 0 Å². The summed E-state index contributed by atoms with van der Waals surface area (Å²) in [6.07, 6.45) is 4.35. The summed E-state index contributed by atoms with van der Waals surface area (Å²) in [5, 5.41) is 3.43. The Morgan fingerprint density at radius 1 is 1.47 bits per heavy atom. The van der Waals surface area contributed by atoms with Crippen LogP contribution in [-0.2, 0) is 0 Å². The second kappa shape index (κ2) is 3.42. The van der Waals surface area contributed by atoms with E-state index in [1.807, 2.05) is 6.20 Å². The molecule has 1 aliphatic carbocycles. The molecule has 0 aromatic carbocycles. The molecule has 1 fully saturated rings. The molecule has 0 radical (unpaired) electrons. The first kappa shape index (κ1) is 9.55. The van der Waals surface area contributed by atoms with Crippen LogP contribution in [0.3, 0.4) is 0 Å². The van der Waals surface area contributed by atoms with Gasteiger partial charge in [-0.15, -0.1) is 0 Å². The summed E-state index contributed by atoms with van der Waals surface area (Å²) in [7, 11) is 0. The molecule has 2 aliphatic rings. The molecular weight excluding hydrogens is 252 g/mol. The first-order valence-electron chi connectivity index (χ1n) is 5.30. The Morgan fingerprint density at radius 2 is 2.33 bits per heavy atom. The quantitative estimate of drug-likeness (QED) is 0.788. The molecule has 3 heteroatoms. The molecule has 1 aromatic rings. The van der Waals surface area contributed by atoms with Gasteiger partial charge < -0.3 is 5.32 Å². The normalized spacial score (nSPS) is 28.3. The Balaban J connectivity index is 1.94. The number of nitrogens with zero attached hydrogens (tertiary/aromatic N) is 1. The van der Waals surface area contributed by atoms with E-state index in [0.717, 1.165) is 29.5 Å². The fourth-order valence-corrected chi connectivity index (χ4v) is 2.69. The number of rotatable bonds is 1. The van der Waals surface area contributed by atoms with Crippen molar-refractivity contribution in [2.45, 2.75) is 6.92 Å². The Hall–Kier alpha value is -0.670. The van der Waals surface area contributed by atoms with E-state index in [1.54, 1.807) is 0 Å². The molecular formula is C12H13BrN2. The summed E-state index contributed by atoms with van der Waals surface area (Å²) < 4.78 is 0.951. The minimum absolute atomic E-state index is 0.729. The third-order valence-corrected chi connectivity index (χ3v) is 4.23. The molecule has 2 atom stereocenters. The van der Waals surface area contributed by atoms with E-state index in [4.69, 9.17) is 0 Å². The molecule has 0 amide bonds. The fourth-order valence-electron chi connectivity index (χ4n) is 2.48. The Bertz CT molecular complexity index is 439. The molecule has 2 nitrogen and oxygen atoms in total. The maximum absolute atomic E-state index is 4.35. The molecule has 2 heterocycles. The highest BCUT2D eigenvalue weighted by Gasteiger charge is 2.36. The second-order valence-electron chi connectivity index (χ2n) is 4.38. The van der Waals surface area contributed by atoms with Crippen molar-refractivity contribution in [2.75, 3.05) is 13.1 Å². The SMILES string of the molecule is Cc1cc(C2=C[C@@H]3CNC[C@H]23)cnc1Br. The van der Waals surface area contributed by atoms with E-state index in [-0.39, 0.29) is 0 Å². The van der Waals surface area contributed by atoms with Crippen molar-refractivity contribution < 1.29 is 0 Å². The lowest BCUT2D eigenvalue weighted by molar-refractivity contribution is 0.564. The van der Waals surface area contributed by atoms with E-state index in [2.05, 4.69) is 45.3 Å². The predicted octanol–water partition coefficient (Wildman–Crippen LogP) is 2.39. The van der Waals surface area contributed by atoms with Gasteiger partial charge >= 0.3 is 0 Å². The van der Waals surface area contributed by atoms with Gasteiger partial charge in [0.1, 0.15) is 4.60 Å². The summed E-state index contributed by atoms with van der Waals surface area (Å²) >= 11 is 3.43. The highest BCUT2D eigenvalue weighted by atomic mass is 79.9. The summed E-state index contributed by atoms with van der Waals surface area (Å²) in [6, 6.07) is 2.22. The van der Waals surface area contributed by atoms with Gasteiger partial charge in [0.05, 0.1) is 0 Å². The smallest absolute Gasteiger partial charge is 0.109 e. The van der Waals surface area contributed by atoms with Gasteiger partial charge in [0.25, 0.3) is 0 Å². The van der Waals surface area contributed by atoms with Gasteiger partial charge in [-0.3, -0.25) is 0 Å². The van der Waals surface area contributed by atoms with Gasteiger partial charge in [-0.25, -0.2) is 4.98 Å². The van der Waals surface area contributed by atoms with Crippen LogP contribution in [0.5, 0.6) is 0 Å². The molecule has 0 saturated carbocycles. The van der Waals surface area contributed by atoms with Crippen LogP contribution >= 0.6 is 15.9 Å². The topological polar surface area (TPSA) is 24.9 Å². The Morgan fingerprint density at radius 3 is 3.07 bits per heavy atom. The molecule has 1 N–H and O–H groups in total. The van der Waals surface area contributed by atoms with Crippen LogP contribution in [0.15, 0.2) is 22.9 Å². The van der Waals surface area contributed by atoms with Gasteiger partial charge in [-0.05, 0) is 51.5 Å². The zero-order valence-corrected chi connectivity index (χ0v) is 10.2. The van der Waals surface area contributed by atoms with E-state index in [9.17, 15) is 0 Å². The largest absolute Gasteiger partial charge is 0.315 e. The summed E-state index contributed by atoms with van der Waals surface area (Å²) in [5.41, 5.74) is 3.98. The van der Waals surface area contributed by atoms with Crippen LogP contribution in [0.2, 0.25) is 0 Å². The zero-order valence-electron chi connectivity index (χ0n) is 8.63. The molecule has 0 unspecified atom stereocenters. The molecule has 3 rings (SSSR count). The Labute approximate surface area is 97.9 Å². The van der Waals surface area contributed by atoms with Crippen molar-refractivity contribution in [2.24, 2.45) is 11.8 Å². The number of nitrogens with one attached hydrogen (secondary N) is 1. The lowest BCUT2D eigenvalue weighted by atomic mass is 9.74. The number of fused-ring (bicyclic) bond motifs is 1. The average Bonchev–Trinajstić information content (AvgIpc) is 2.54. The minimum Gasteiger partial charge on any atom is -0.315 e. The second-order valence-corrected chi connectivity index (χ2v) is 5.13. The lowest BCUT2D eigenvalue weighted by Crippen LogP contribution is -2.22. The van der Waals surface area contributed by atoms with Crippen molar-refractivity contribution in [3.05, 3.63) is 34.1 Å². The van der Waals surface area contributed by atoms with Crippen LogP contribution in [0.4, 0.5) is 0 Å². The molecule has 1 aromatic heterocycles. The van der Waals surface area contributed by atoms with Crippen LogP contribution in [0, 0.1) is 18.8 Å². The first-order chi connectivity index (χ1) is 7.25. The fraction of sp³-hybridized carbons (Fsp3) is 0.417. The van der Waals surface area contributed by atoms with Crippen molar-refractivity contribution in [1.82, 2.24) is 10.3 Å². The van der Waals surface area contributed by atoms with Crippen LogP contribution in [-0.4, -0.2) is 18.1 Å². The minimum atomic E-state index is 0.729. The number of halogens is 1. The van der Waals surface area contributed by atoms with Crippen molar-refractivity contribution in [3.8, 4) is 0 Å². The number of hydrogen-bond donors (Lipinski definition) is 1. The van der Waals surface area contributed by atoms with Gasteiger partial charge in [0.2, 0.25) is 0 Å². The zero-order chi connectivity index (χ0) is 10.4. The number of pyridine rings is 1. The van der Waals surface area contributed by atoms with Gasteiger partial charge in [0, 0.05) is 25.2 Å². The summed E-state index contributed by atoms with van der Waals surface area (Å²) in [4.78, 5) is 4.35. The maximum Gasteiger partial charge on any atom is 0.109 e. The highest BCUT2D eigenvalue weighted by molar-refractivity contribution is 9.10. The standard InChI is InChI=1S/C12H13BrN2/c1-7-2-8(5-15-12(7)13)10-3-9-4-14-6-11(9)10/h2-3,5,9,11,14H,4,6H2,1H3/t9-,11+/m1/s1. The van der Waals surface area contributed by atoms with E-state index in [1.165, 1.54) is 16.7 Å². The number of hydrogen-bond acceptors (Lipinski definition) is 2. The van der Waals surface area contributed by atoms with Gasteiger partial charge in [0.15, 0.2) is 0 Å². The first-order valence-corrected chi connectivity index (χ1v) is 6.10. The molecule has 0 bridgehead atoms. The lowest BCUT2D eigenvalue weighted by Gasteiger charge is -2.29. The summed E-state index contributed by atoms with van der Waals surface area (Å²) in [5.74, 6) is 1.50. The average molecular weight is 265 g/mol. The Kier molecular flexibility index (Phi) is 2.18. The maximum atomic E-state index is 4.35. The number of aromatic nitrogens is 1. The number of aryl methyl sites for hydroxylation is 1. The summed E-state index contributed by atoms with van der Waals surface area (Å²) in [6.45, 7) is 4.37. The third kappa shape index (κ3) is 1.45. The van der Waals surface area contributed by atoms with Gasteiger partial charge in [-0.2, -0.15) is 0 Å². The van der Waals surface area contributed by atoms with Crippen LogP contribution in [0.1, 0.15) is 11.1 Å². The van der Waals surface area contributed by atoms with Crippen LogP contribution < -0.4 is 5.32 Å². The van der Waals surface area contributed by atoms with Gasteiger partial charge in [-0.1, -0.05) is 6.08 Å². The van der Waals surface area contributed by atoms with Crippen molar-refractivity contribution >= 4 is 21.5 Å². The van der Waals surface area contributed by atoms with Crippen molar-refractivity contribution in [3.63, 3.8) is 0 Å². The molecule has 1 saturated heterocycles. The molecule has 15 heavy (non-hydrogen) atoms.